The molecule has 0 saturated carbocycles. The molecule has 2 aromatic rings. The molecule has 1 saturated heterocycles. The Kier molecular flexibility index (Phi) is 4.56. The number of aliphatic hydroxyl groups excluding tert-OH is 1. The van der Waals surface area contributed by atoms with Gasteiger partial charge in [-0.05, 0) is 25.5 Å². The van der Waals surface area contributed by atoms with Crippen molar-refractivity contribution in [2.75, 3.05) is 13.1 Å². The second-order valence-electron chi connectivity index (χ2n) is 5.61. The smallest absolute Gasteiger partial charge is 0.267 e. The van der Waals surface area contributed by atoms with Crippen LogP contribution < -0.4 is 5.32 Å². The van der Waals surface area contributed by atoms with E-state index in [0.717, 1.165) is 30.2 Å². The van der Waals surface area contributed by atoms with Gasteiger partial charge in [0.1, 0.15) is 5.69 Å². The van der Waals surface area contributed by atoms with E-state index < -0.39 is 6.10 Å². The number of β-amino-alcohol motifs (C(OH)–C–C–N with tert-alkyl or cyclic N) is 1. The maximum Gasteiger partial charge on any atom is 0.267 e. The van der Waals surface area contributed by atoms with Crippen molar-refractivity contribution >= 4 is 17.2 Å². The van der Waals surface area contributed by atoms with Crippen LogP contribution in [0.25, 0.3) is 0 Å². The lowest BCUT2D eigenvalue weighted by atomic mass is 10.0. The molecule has 0 radical (unpaired) electrons. The molecule has 1 fully saturated rings. The van der Waals surface area contributed by atoms with E-state index in [2.05, 4.69) is 25.6 Å². The largest absolute Gasteiger partial charge is 0.390 e. The summed E-state index contributed by atoms with van der Waals surface area (Å²) >= 11 is 1.64. The van der Waals surface area contributed by atoms with Crippen LogP contribution in [-0.2, 0) is 6.54 Å². The number of nitrogens with zero attached hydrogens (tertiary/aromatic N) is 2. The molecule has 1 amide bonds. The molecule has 3 heterocycles. The first-order valence-corrected chi connectivity index (χ1v) is 8.25. The second kappa shape index (κ2) is 6.60. The van der Waals surface area contributed by atoms with Crippen molar-refractivity contribution in [3.05, 3.63) is 40.1 Å². The van der Waals surface area contributed by atoms with Crippen molar-refractivity contribution in [2.45, 2.75) is 32.0 Å². The third kappa shape index (κ3) is 3.55. The molecule has 1 aliphatic rings. The van der Waals surface area contributed by atoms with Gasteiger partial charge in [0.15, 0.2) is 0 Å². The fraction of sp³-hybridized carbons (Fsp3) is 0.467. The Bertz CT molecular complexity index is 625. The zero-order chi connectivity index (χ0) is 15.5. The number of hydrogen-bond donors (Lipinski definition) is 3. The first-order valence-electron chi connectivity index (χ1n) is 7.37. The van der Waals surface area contributed by atoms with E-state index >= 15 is 0 Å². The number of nitrogens with one attached hydrogen (secondary N) is 2. The summed E-state index contributed by atoms with van der Waals surface area (Å²) in [5.74, 6) is -0.169. The molecule has 3 N–H and O–H groups in total. The standard InChI is InChI=1S/C15H20N4O2S/c1-10-17-11(9-22-10)7-19-6-4-12(14(20)8-19)18-15(21)13-3-2-5-16-13/h2-3,5,9,12,14,16,20H,4,6-8H2,1H3,(H,18,21)/t12-,14-/m0/s1. The molecule has 0 bridgehead atoms. The van der Waals surface area contributed by atoms with Crippen molar-refractivity contribution in [3.8, 4) is 0 Å². The topological polar surface area (TPSA) is 81.2 Å². The first kappa shape index (κ1) is 15.2. The quantitative estimate of drug-likeness (QED) is 0.789. The molecule has 0 unspecified atom stereocenters. The van der Waals surface area contributed by atoms with E-state index in [1.54, 1.807) is 29.7 Å². The summed E-state index contributed by atoms with van der Waals surface area (Å²) in [5, 5.41) is 16.3. The lowest BCUT2D eigenvalue weighted by molar-refractivity contribution is 0.0345. The van der Waals surface area contributed by atoms with Gasteiger partial charge in [-0.2, -0.15) is 0 Å². The average molecular weight is 320 g/mol. The number of aromatic nitrogens is 2. The monoisotopic (exact) mass is 320 g/mol. The number of aryl methyl sites for hydroxylation is 1. The van der Waals surface area contributed by atoms with Crippen LogP contribution in [0.15, 0.2) is 23.7 Å². The van der Waals surface area contributed by atoms with E-state index in [0.29, 0.717) is 12.2 Å². The number of aliphatic hydroxyl groups is 1. The molecule has 2 aromatic heterocycles. The lowest BCUT2D eigenvalue weighted by Crippen LogP contribution is -2.53. The Labute approximate surface area is 133 Å². The molecule has 7 heteroatoms. The van der Waals surface area contributed by atoms with Crippen molar-refractivity contribution < 1.29 is 9.90 Å². The van der Waals surface area contributed by atoms with Gasteiger partial charge in [-0.1, -0.05) is 0 Å². The van der Waals surface area contributed by atoms with Gasteiger partial charge in [0, 0.05) is 31.2 Å². The number of H-pyrrole nitrogens is 1. The Morgan fingerprint density at radius 3 is 3.14 bits per heavy atom. The zero-order valence-corrected chi connectivity index (χ0v) is 13.3. The van der Waals surface area contributed by atoms with E-state index in [4.69, 9.17) is 0 Å². The van der Waals surface area contributed by atoms with E-state index in [1.165, 1.54) is 0 Å². The second-order valence-corrected chi connectivity index (χ2v) is 6.67. The summed E-state index contributed by atoms with van der Waals surface area (Å²) in [6.45, 7) is 4.12. The number of thiazole rings is 1. The van der Waals surface area contributed by atoms with Crippen molar-refractivity contribution in [3.63, 3.8) is 0 Å². The number of carbonyl (C=O) groups excluding carboxylic acids is 1. The molecule has 1 aliphatic heterocycles. The molecule has 22 heavy (non-hydrogen) atoms. The number of rotatable bonds is 4. The Hall–Kier alpha value is -1.70. The van der Waals surface area contributed by atoms with E-state index in [9.17, 15) is 9.90 Å². The highest BCUT2D eigenvalue weighted by Gasteiger charge is 2.29. The third-order valence-corrected chi connectivity index (χ3v) is 4.70. The molecule has 0 aromatic carbocycles. The van der Waals surface area contributed by atoms with Crippen LogP contribution in [0.2, 0.25) is 0 Å². The first-order chi connectivity index (χ1) is 10.6. The van der Waals surface area contributed by atoms with Crippen molar-refractivity contribution in [2.24, 2.45) is 0 Å². The number of carbonyl (C=O) groups is 1. The average Bonchev–Trinajstić information content (AvgIpc) is 3.13. The van der Waals surface area contributed by atoms with Crippen LogP contribution in [0.5, 0.6) is 0 Å². The maximum absolute atomic E-state index is 12.0. The highest BCUT2D eigenvalue weighted by molar-refractivity contribution is 7.09. The zero-order valence-electron chi connectivity index (χ0n) is 12.5. The Balaban J connectivity index is 1.52. The van der Waals surface area contributed by atoms with Gasteiger partial charge < -0.3 is 15.4 Å². The summed E-state index contributed by atoms with van der Waals surface area (Å²) in [6.07, 6.45) is 1.88. The number of amides is 1. The van der Waals surface area contributed by atoms with Gasteiger partial charge in [-0.15, -0.1) is 11.3 Å². The summed E-state index contributed by atoms with van der Waals surface area (Å²) in [6, 6.07) is 3.30. The summed E-state index contributed by atoms with van der Waals surface area (Å²) in [5.41, 5.74) is 1.57. The Morgan fingerprint density at radius 1 is 1.64 bits per heavy atom. The van der Waals surface area contributed by atoms with Crippen molar-refractivity contribution in [1.82, 2.24) is 20.2 Å². The highest BCUT2D eigenvalue weighted by Crippen LogP contribution is 2.16. The van der Waals surface area contributed by atoms with E-state index in [1.807, 2.05) is 6.92 Å². The lowest BCUT2D eigenvalue weighted by Gasteiger charge is -2.35. The van der Waals surface area contributed by atoms with Gasteiger partial charge in [0.05, 0.1) is 22.8 Å². The van der Waals surface area contributed by atoms with Crippen LogP contribution in [0.3, 0.4) is 0 Å². The van der Waals surface area contributed by atoms with Crippen LogP contribution in [-0.4, -0.2) is 51.1 Å². The fourth-order valence-corrected chi connectivity index (χ4v) is 3.34. The predicted molar refractivity (Wildman–Crippen MR) is 84.8 cm³/mol. The maximum atomic E-state index is 12.0. The van der Waals surface area contributed by atoms with Gasteiger partial charge in [0.2, 0.25) is 0 Å². The Morgan fingerprint density at radius 2 is 2.50 bits per heavy atom. The summed E-state index contributed by atoms with van der Waals surface area (Å²) in [4.78, 5) is 21.5. The molecule has 118 valence electrons. The minimum Gasteiger partial charge on any atom is -0.390 e. The third-order valence-electron chi connectivity index (χ3n) is 3.88. The van der Waals surface area contributed by atoms with Crippen LogP contribution in [0.1, 0.15) is 27.6 Å². The molecular formula is C15H20N4O2S. The minimum absolute atomic E-state index is 0.169. The number of piperidine rings is 1. The summed E-state index contributed by atoms with van der Waals surface area (Å²) in [7, 11) is 0. The van der Waals surface area contributed by atoms with Crippen molar-refractivity contribution in [1.29, 1.82) is 0 Å². The van der Waals surface area contributed by atoms with Gasteiger partial charge >= 0.3 is 0 Å². The SMILES string of the molecule is Cc1nc(CN2CC[C@H](NC(=O)c3ccc[nH]3)[C@@H](O)C2)cs1. The molecule has 0 spiro atoms. The molecule has 6 nitrogen and oxygen atoms in total. The summed E-state index contributed by atoms with van der Waals surface area (Å²) < 4.78 is 0. The van der Waals surface area contributed by atoms with Gasteiger partial charge in [0.25, 0.3) is 5.91 Å². The number of likely N-dealkylation sites (tertiary alicyclic amines) is 1. The van der Waals surface area contributed by atoms with Crippen LogP contribution in [0.4, 0.5) is 0 Å². The van der Waals surface area contributed by atoms with Gasteiger partial charge in [-0.3, -0.25) is 9.69 Å². The highest BCUT2D eigenvalue weighted by atomic mass is 32.1. The fourth-order valence-electron chi connectivity index (χ4n) is 2.74. The molecule has 0 aliphatic carbocycles. The van der Waals surface area contributed by atoms with Crippen LogP contribution >= 0.6 is 11.3 Å². The molecular weight excluding hydrogens is 300 g/mol. The van der Waals surface area contributed by atoms with Crippen LogP contribution in [0, 0.1) is 6.92 Å². The number of hydrogen-bond acceptors (Lipinski definition) is 5. The minimum atomic E-state index is -0.563. The molecule has 3 rings (SSSR count). The van der Waals surface area contributed by atoms with Gasteiger partial charge in [-0.25, -0.2) is 4.98 Å². The van der Waals surface area contributed by atoms with E-state index in [-0.39, 0.29) is 11.9 Å². The predicted octanol–water partition coefficient (Wildman–Crippen LogP) is 1.14. The normalized spacial score (nSPS) is 22.6. The molecule has 2 atom stereocenters. The number of aromatic amines is 1.